The molecule has 0 aliphatic heterocycles. The highest BCUT2D eigenvalue weighted by molar-refractivity contribution is 5.65. The Hall–Kier alpha value is -2.29. The number of carbonyl (C=O) groups is 1. The Morgan fingerprint density at radius 1 is 1.00 bits per heavy atom. The zero-order valence-corrected chi connectivity index (χ0v) is 12.8. The van der Waals surface area contributed by atoms with Crippen LogP contribution in [0.5, 0.6) is 5.75 Å². The van der Waals surface area contributed by atoms with Gasteiger partial charge < -0.3 is 9.47 Å². The average molecular weight is 286 g/mol. The Labute approximate surface area is 126 Å². The zero-order valence-electron chi connectivity index (χ0n) is 12.8. The van der Waals surface area contributed by atoms with Gasteiger partial charge in [0.25, 0.3) is 0 Å². The van der Waals surface area contributed by atoms with E-state index in [0.717, 1.165) is 12.2 Å². The molecule has 0 aromatic heterocycles. The second-order valence-electron chi connectivity index (χ2n) is 4.47. The van der Waals surface area contributed by atoms with Crippen LogP contribution >= 0.6 is 0 Å². The van der Waals surface area contributed by atoms with E-state index in [1.54, 1.807) is 0 Å². The summed E-state index contributed by atoms with van der Waals surface area (Å²) in [7, 11) is 1.35. The molecule has 2 aromatic carbocycles. The van der Waals surface area contributed by atoms with Crippen LogP contribution in [0.15, 0.2) is 54.6 Å². The van der Waals surface area contributed by atoms with Gasteiger partial charge in [0, 0.05) is 6.92 Å². The number of hydrogen-bond acceptors (Lipinski definition) is 3. The van der Waals surface area contributed by atoms with Gasteiger partial charge in [-0.25, -0.2) is 0 Å². The molecule has 3 nitrogen and oxygen atoms in total. The zero-order chi connectivity index (χ0) is 15.5. The highest BCUT2D eigenvalue weighted by Crippen LogP contribution is 2.15. The predicted molar refractivity (Wildman–Crippen MR) is 84.3 cm³/mol. The van der Waals surface area contributed by atoms with Crippen molar-refractivity contribution in [3.05, 3.63) is 65.7 Å². The van der Waals surface area contributed by atoms with Gasteiger partial charge in [0.05, 0.1) is 7.11 Å². The number of aryl methyl sites for hydroxylation is 1. The van der Waals surface area contributed by atoms with Gasteiger partial charge in [0.2, 0.25) is 0 Å². The molecular weight excluding hydrogens is 264 g/mol. The molecule has 0 bridgehead atoms. The van der Waals surface area contributed by atoms with E-state index in [-0.39, 0.29) is 5.97 Å². The summed E-state index contributed by atoms with van der Waals surface area (Å²) >= 11 is 0. The molecular formula is C18H22O3. The minimum absolute atomic E-state index is 0.245. The van der Waals surface area contributed by atoms with Crippen molar-refractivity contribution < 1.29 is 14.3 Å². The summed E-state index contributed by atoms with van der Waals surface area (Å²) in [6, 6.07) is 18.5. The topological polar surface area (TPSA) is 35.5 Å². The molecule has 2 rings (SSSR count). The highest BCUT2D eigenvalue weighted by atomic mass is 16.5. The lowest BCUT2D eigenvalue weighted by Crippen LogP contribution is -1.95. The van der Waals surface area contributed by atoms with E-state index in [2.05, 4.69) is 35.9 Å². The minimum atomic E-state index is -0.245. The number of rotatable bonds is 4. The number of ether oxygens (including phenoxy) is 2. The molecule has 0 unspecified atom stereocenters. The monoisotopic (exact) mass is 286 g/mol. The van der Waals surface area contributed by atoms with Crippen molar-refractivity contribution >= 4 is 5.97 Å². The molecule has 21 heavy (non-hydrogen) atoms. The molecule has 0 saturated carbocycles. The molecule has 0 atom stereocenters. The lowest BCUT2D eigenvalue weighted by atomic mass is 10.2. The molecule has 0 fully saturated rings. The molecule has 0 aliphatic carbocycles. The summed E-state index contributed by atoms with van der Waals surface area (Å²) in [6.45, 7) is 4.14. The van der Waals surface area contributed by atoms with Crippen LogP contribution in [0.4, 0.5) is 0 Å². The smallest absolute Gasteiger partial charge is 0.302 e. The Morgan fingerprint density at radius 2 is 1.62 bits per heavy atom. The lowest BCUT2D eigenvalue weighted by molar-refractivity contribution is -0.137. The molecule has 3 heteroatoms. The van der Waals surface area contributed by atoms with Gasteiger partial charge in [0.1, 0.15) is 12.4 Å². The van der Waals surface area contributed by atoms with Gasteiger partial charge >= 0.3 is 5.97 Å². The Kier molecular flexibility index (Phi) is 7.65. The molecule has 0 saturated heterocycles. The molecule has 0 spiro atoms. The number of carbonyl (C=O) groups excluding carboxylic acids is 1. The van der Waals surface area contributed by atoms with E-state index in [0.29, 0.717) is 6.61 Å². The number of hydrogen-bond donors (Lipinski definition) is 0. The van der Waals surface area contributed by atoms with E-state index in [1.807, 2.05) is 30.3 Å². The summed E-state index contributed by atoms with van der Waals surface area (Å²) in [5, 5.41) is 0. The molecule has 0 heterocycles. The third-order valence-corrected chi connectivity index (χ3v) is 2.84. The predicted octanol–water partition coefficient (Wildman–Crippen LogP) is 4.01. The van der Waals surface area contributed by atoms with Crippen LogP contribution in [0.3, 0.4) is 0 Å². The Morgan fingerprint density at radius 3 is 2.19 bits per heavy atom. The third kappa shape index (κ3) is 7.16. The largest absolute Gasteiger partial charge is 0.489 e. The van der Waals surface area contributed by atoms with Crippen molar-refractivity contribution in [1.29, 1.82) is 0 Å². The van der Waals surface area contributed by atoms with Gasteiger partial charge in [-0.05, 0) is 29.7 Å². The fraction of sp³-hybridized carbons (Fsp3) is 0.278. The van der Waals surface area contributed by atoms with Crippen molar-refractivity contribution in [2.75, 3.05) is 7.11 Å². The maximum Gasteiger partial charge on any atom is 0.302 e. The first-order chi connectivity index (χ1) is 10.2. The van der Waals surface area contributed by atoms with Crippen LogP contribution in [-0.4, -0.2) is 13.1 Å². The average Bonchev–Trinajstić information content (AvgIpc) is 2.54. The number of benzene rings is 2. The first-order valence-electron chi connectivity index (χ1n) is 6.96. The molecule has 0 amide bonds. The SMILES string of the molecule is CCc1cccc(OCc2ccccc2)c1.COC(C)=O. The van der Waals surface area contributed by atoms with Crippen molar-refractivity contribution in [1.82, 2.24) is 0 Å². The summed E-state index contributed by atoms with van der Waals surface area (Å²) in [6.07, 6.45) is 1.04. The van der Waals surface area contributed by atoms with Crippen LogP contribution in [0.2, 0.25) is 0 Å². The van der Waals surface area contributed by atoms with Crippen LogP contribution in [0.25, 0.3) is 0 Å². The maximum atomic E-state index is 9.59. The summed E-state index contributed by atoms with van der Waals surface area (Å²) in [4.78, 5) is 9.59. The van der Waals surface area contributed by atoms with Gasteiger partial charge in [-0.2, -0.15) is 0 Å². The van der Waals surface area contributed by atoms with Gasteiger partial charge in [-0.3, -0.25) is 4.79 Å². The second-order valence-corrected chi connectivity index (χ2v) is 4.47. The van der Waals surface area contributed by atoms with Crippen LogP contribution in [0.1, 0.15) is 25.0 Å². The minimum Gasteiger partial charge on any atom is -0.489 e. The standard InChI is InChI=1S/C15H16O.C3H6O2/c1-2-13-9-6-10-15(11-13)16-12-14-7-4-3-5-8-14;1-3(4)5-2/h3-11H,2,12H2,1H3;1-2H3. The van der Waals surface area contributed by atoms with E-state index in [1.165, 1.54) is 25.2 Å². The van der Waals surface area contributed by atoms with Crippen molar-refractivity contribution in [3.63, 3.8) is 0 Å². The number of methoxy groups -OCH3 is 1. The maximum absolute atomic E-state index is 9.59. The van der Waals surface area contributed by atoms with Crippen molar-refractivity contribution in [2.45, 2.75) is 26.9 Å². The summed E-state index contributed by atoms with van der Waals surface area (Å²) in [5.74, 6) is 0.702. The third-order valence-electron chi connectivity index (χ3n) is 2.84. The van der Waals surface area contributed by atoms with Crippen molar-refractivity contribution in [3.8, 4) is 5.75 Å². The fourth-order valence-electron chi connectivity index (χ4n) is 1.60. The molecule has 112 valence electrons. The quantitative estimate of drug-likeness (QED) is 0.797. The molecule has 2 aromatic rings. The van der Waals surface area contributed by atoms with E-state index < -0.39 is 0 Å². The second kappa shape index (κ2) is 9.59. The first kappa shape index (κ1) is 16.8. The molecule has 0 radical (unpaired) electrons. The van der Waals surface area contributed by atoms with E-state index in [9.17, 15) is 4.79 Å². The lowest BCUT2D eigenvalue weighted by Gasteiger charge is -2.07. The van der Waals surface area contributed by atoms with E-state index >= 15 is 0 Å². The van der Waals surface area contributed by atoms with Crippen LogP contribution in [0, 0.1) is 0 Å². The summed E-state index contributed by atoms with van der Waals surface area (Å²) in [5.41, 5.74) is 2.51. The summed E-state index contributed by atoms with van der Waals surface area (Å²) < 4.78 is 9.85. The Bertz CT molecular complexity index is 535. The van der Waals surface area contributed by atoms with Crippen molar-refractivity contribution in [2.24, 2.45) is 0 Å². The number of esters is 1. The van der Waals surface area contributed by atoms with Gasteiger partial charge in [0.15, 0.2) is 0 Å². The first-order valence-corrected chi connectivity index (χ1v) is 6.96. The molecule has 0 N–H and O–H groups in total. The molecule has 0 aliphatic rings. The van der Waals surface area contributed by atoms with E-state index in [4.69, 9.17) is 4.74 Å². The van der Waals surface area contributed by atoms with Gasteiger partial charge in [-0.1, -0.05) is 49.4 Å². The fourth-order valence-corrected chi connectivity index (χ4v) is 1.60. The van der Waals surface area contributed by atoms with Crippen LogP contribution < -0.4 is 4.74 Å². The van der Waals surface area contributed by atoms with Crippen LogP contribution in [-0.2, 0) is 22.6 Å². The highest BCUT2D eigenvalue weighted by Gasteiger charge is 1.96. The Balaban J connectivity index is 0.000000383. The normalized spacial score (nSPS) is 9.29. The van der Waals surface area contributed by atoms with Gasteiger partial charge in [-0.15, -0.1) is 0 Å².